The van der Waals surface area contributed by atoms with E-state index in [0.29, 0.717) is 12.6 Å². The molecular weight excluding hydrogens is 248 g/mol. The van der Waals surface area contributed by atoms with Crippen molar-refractivity contribution in [3.8, 4) is 0 Å². The van der Waals surface area contributed by atoms with Crippen molar-refractivity contribution < 1.29 is 19.8 Å². The van der Waals surface area contributed by atoms with E-state index in [1.807, 2.05) is 0 Å². The van der Waals surface area contributed by atoms with Gasteiger partial charge in [-0.2, -0.15) is 0 Å². The van der Waals surface area contributed by atoms with E-state index in [9.17, 15) is 9.59 Å². The van der Waals surface area contributed by atoms with Gasteiger partial charge in [-0.3, -0.25) is 5.41 Å². The Labute approximate surface area is 102 Å². The van der Waals surface area contributed by atoms with Gasteiger partial charge in [-0.15, -0.1) is 0 Å². The Morgan fingerprint density at radius 1 is 1.47 bits per heavy atom. The van der Waals surface area contributed by atoms with Crippen LogP contribution in [0.2, 0.25) is 0 Å². The summed E-state index contributed by atoms with van der Waals surface area (Å²) in [6.07, 6.45) is 4.97. The number of carboxylic acid groups (broad SMARTS) is 2. The molecule has 0 radical (unpaired) electrons. The molecule has 6 nitrogen and oxygen atoms in total. The highest BCUT2D eigenvalue weighted by atomic mass is 35.5. The molecule has 3 N–H and O–H groups in total. The van der Waals surface area contributed by atoms with Gasteiger partial charge in [0.05, 0.1) is 5.57 Å². The minimum atomic E-state index is -1.36. The molecule has 1 aliphatic heterocycles. The molecule has 0 amide bonds. The van der Waals surface area contributed by atoms with E-state index in [4.69, 9.17) is 27.2 Å². The lowest BCUT2D eigenvalue weighted by molar-refractivity contribution is -0.134. The number of aliphatic carboxylic acids is 2. The van der Waals surface area contributed by atoms with Crippen molar-refractivity contribution in [3.05, 3.63) is 35.6 Å². The molecule has 7 heteroatoms. The zero-order chi connectivity index (χ0) is 13.0. The minimum absolute atomic E-state index is 0.177. The van der Waals surface area contributed by atoms with Crippen molar-refractivity contribution in [3.63, 3.8) is 0 Å². The van der Waals surface area contributed by atoms with Crippen molar-refractivity contribution in [1.29, 1.82) is 5.41 Å². The van der Waals surface area contributed by atoms with Gasteiger partial charge in [-0.1, -0.05) is 12.2 Å². The Hall–Kier alpha value is -2.08. The molecule has 17 heavy (non-hydrogen) atoms. The predicted octanol–water partition coefficient (Wildman–Crippen LogP) is 1.01. The Morgan fingerprint density at radius 3 is 2.59 bits per heavy atom. The number of carboxylic acids is 2. The molecule has 0 aromatic heterocycles. The van der Waals surface area contributed by atoms with Crippen molar-refractivity contribution in [2.45, 2.75) is 0 Å². The van der Waals surface area contributed by atoms with Crippen LogP contribution in [0.5, 0.6) is 0 Å². The molecule has 0 saturated carbocycles. The van der Waals surface area contributed by atoms with E-state index < -0.39 is 11.9 Å². The molecule has 1 aliphatic rings. The van der Waals surface area contributed by atoms with Crippen LogP contribution in [0.25, 0.3) is 0 Å². The van der Waals surface area contributed by atoms with Crippen LogP contribution < -0.4 is 0 Å². The molecule has 0 bridgehead atoms. The van der Waals surface area contributed by atoms with E-state index in [1.165, 1.54) is 17.2 Å². The maximum absolute atomic E-state index is 10.9. The molecule has 1 rings (SSSR count). The number of carbonyl (C=O) groups is 2. The Kier molecular flexibility index (Phi) is 4.06. The maximum atomic E-state index is 10.9. The van der Waals surface area contributed by atoms with Gasteiger partial charge >= 0.3 is 11.9 Å². The number of nitrogens with zero attached hydrogens (tertiary/aromatic N) is 1. The first-order valence-corrected chi connectivity index (χ1v) is 4.87. The van der Waals surface area contributed by atoms with Crippen LogP contribution in [0.1, 0.15) is 0 Å². The second kappa shape index (κ2) is 5.31. The summed E-state index contributed by atoms with van der Waals surface area (Å²) in [4.78, 5) is 22.7. The summed E-state index contributed by atoms with van der Waals surface area (Å²) in [7, 11) is 0. The van der Waals surface area contributed by atoms with Crippen molar-refractivity contribution >= 4 is 28.8 Å². The summed E-state index contributed by atoms with van der Waals surface area (Å²) in [6.45, 7) is 0.339. The topological polar surface area (TPSA) is 102 Å². The fraction of sp³-hybridized carbons (Fsp3) is 0.100. The lowest BCUT2D eigenvalue weighted by Crippen LogP contribution is -2.24. The van der Waals surface area contributed by atoms with Gasteiger partial charge in [0.1, 0.15) is 0 Å². The van der Waals surface area contributed by atoms with Gasteiger partial charge in [0, 0.05) is 24.4 Å². The molecule has 0 atom stereocenters. The van der Waals surface area contributed by atoms with Crippen molar-refractivity contribution in [2.75, 3.05) is 6.54 Å². The fourth-order valence-corrected chi connectivity index (χ4v) is 1.36. The molecule has 0 aromatic rings. The first-order chi connectivity index (χ1) is 7.91. The van der Waals surface area contributed by atoms with Crippen LogP contribution in [0.15, 0.2) is 35.6 Å². The fourth-order valence-electron chi connectivity index (χ4n) is 1.25. The van der Waals surface area contributed by atoms with Gasteiger partial charge in [0.25, 0.3) is 0 Å². The summed E-state index contributed by atoms with van der Waals surface area (Å²) in [5.41, 5.74) is -0.187. The Balaban J connectivity index is 3.12. The third kappa shape index (κ3) is 3.46. The zero-order valence-corrected chi connectivity index (χ0v) is 9.31. The van der Waals surface area contributed by atoms with Crippen LogP contribution in [-0.4, -0.2) is 38.9 Å². The third-order valence-corrected chi connectivity index (χ3v) is 2.17. The molecule has 0 spiro atoms. The van der Waals surface area contributed by atoms with Gasteiger partial charge in [-0.25, -0.2) is 9.59 Å². The van der Waals surface area contributed by atoms with Gasteiger partial charge in [-0.05, 0) is 11.6 Å². The van der Waals surface area contributed by atoms with Gasteiger partial charge in [0.2, 0.25) is 0 Å². The van der Waals surface area contributed by atoms with E-state index in [2.05, 4.69) is 0 Å². The van der Waals surface area contributed by atoms with E-state index in [1.54, 1.807) is 6.08 Å². The van der Waals surface area contributed by atoms with Crippen LogP contribution in [0.4, 0.5) is 0 Å². The summed E-state index contributed by atoms with van der Waals surface area (Å²) in [5, 5.41) is 24.4. The minimum Gasteiger partial charge on any atom is -0.478 e. The normalized spacial score (nSPS) is 15.5. The maximum Gasteiger partial charge on any atom is 0.336 e. The molecule has 0 aromatic carbocycles. The smallest absolute Gasteiger partial charge is 0.336 e. The largest absolute Gasteiger partial charge is 0.478 e. The van der Waals surface area contributed by atoms with Crippen LogP contribution >= 0.6 is 11.6 Å². The monoisotopic (exact) mass is 256 g/mol. The highest BCUT2D eigenvalue weighted by Gasteiger charge is 2.17. The average Bonchev–Trinajstić information content (AvgIpc) is 2.25. The van der Waals surface area contributed by atoms with Crippen LogP contribution in [0.3, 0.4) is 0 Å². The summed E-state index contributed by atoms with van der Waals surface area (Å²) < 4.78 is 0. The Morgan fingerprint density at radius 2 is 2.12 bits per heavy atom. The number of nitrogens with one attached hydrogen (secondary N) is 1. The van der Waals surface area contributed by atoms with Gasteiger partial charge < -0.3 is 15.1 Å². The molecule has 0 saturated heterocycles. The van der Waals surface area contributed by atoms with Gasteiger partial charge in [0.15, 0.2) is 5.29 Å². The summed E-state index contributed by atoms with van der Waals surface area (Å²) in [5.74, 6) is -2.71. The van der Waals surface area contributed by atoms with E-state index >= 15 is 0 Å². The molecule has 0 fully saturated rings. The number of amidine groups is 1. The highest BCUT2D eigenvalue weighted by molar-refractivity contribution is 6.63. The summed E-state index contributed by atoms with van der Waals surface area (Å²) in [6, 6.07) is 0. The first kappa shape index (κ1) is 13.0. The second-order valence-electron chi connectivity index (χ2n) is 3.13. The molecule has 1 heterocycles. The SMILES string of the molecule is N=C(Cl)N1C=C(C(=CC(=O)O)C(=O)O)C=CC1. The lowest BCUT2D eigenvalue weighted by Gasteiger charge is -2.20. The predicted molar refractivity (Wildman–Crippen MR) is 60.9 cm³/mol. The summed E-state index contributed by atoms with van der Waals surface area (Å²) >= 11 is 5.46. The van der Waals surface area contributed by atoms with Crippen molar-refractivity contribution in [1.82, 2.24) is 4.90 Å². The van der Waals surface area contributed by atoms with E-state index in [-0.39, 0.29) is 16.4 Å². The van der Waals surface area contributed by atoms with Crippen LogP contribution in [-0.2, 0) is 9.59 Å². The quantitative estimate of drug-likeness (QED) is 0.303. The number of hydrogen-bond donors (Lipinski definition) is 3. The average molecular weight is 257 g/mol. The first-order valence-electron chi connectivity index (χ1n) is 4.49. The number of rotatable bonds is 3. The number of allylic oxidation sites excluding steroid dienone is 1. The third-order valence-electron chi connectivity index (χ3n) is 1.96. The zero-order valence-electron chi connectivity index (χ0n) is 8.55. The van der Waals surface area contributed by atoms with Crippen LogP contribution in [0, 0.1) is 5.41 Å². The standard InChI is InChI=1S/C10H9ClN2O4/c11-10(12)13-3-1-2-6(5-13)7(9(16)17)4-8(14)15/h1-2,4-5,12H,3H2,(H,14,15)(H,16,17). The van der Waals surface area contributed by atoms with E-state index in [0.717, 1.165) is 0 Å². The number of hydrogen-bond acceptors (Lipinski definition) is 3. The van der Waals surface area contributed by atoms with Crippen molar-refractivity contribution in [2.24, 2.45) is 0 Å². The highest BCUT2D eigenvalue weighted by Crippen LogP contribution is 2.17. The molecule has 0 aliphatic carbocycles. The number of halogens is 1. The second-order valence-corrected chi connectivity index (χ2v) is 3.49. The Bertz CT molecular complexity index is 465. The lowest BCUT2D eigenvalue weighted by atomic mass is 10.0. The molecule has 90 valence electrons. The molecular formula is C10H9ClN2O4. The molecule has 0 unspecified atom stereocenters.